The molecule has 0 bridgehead atoms. The zero-order valence-corrected chi connectivity index (χ0v) is 15.5. The van der Waals surface area contributed by atoms with Gasteiger partial charge in [-0.15, -0.1) is 0 Å². The first-order valence-corrected chi connectivity index (χ1v) is 8.77. The molecule has 0 radical (unpaired) electrons. The third-order valence-corrected chi connectivity index (χ3v) is 3.73. The van der Waals surface area contributed by atoms with E-state index < -0.39 is 23.8 Å². The van der Waals surface area contributed by atoms with Crippen molar-refractivity contribution in [1.82, 2.24) is 16.0 Å². The molecule has 7 heteroatoms. The molecule has 0 spiro atoms. The number of aliphatic hydroxyl groups is 1. The van der Waals surface area contributed by atoms with Gasteiger partial charge in [0.25, 0.3) is 0 Å². The molecular weight excluding hydrogens is 310 g/mol. The van der Waals surface area contributed by atoms with Gasteiger partial charge in [0.2, 0.25) is 5.91 Å². The number of aliphatic hydroxyl groups excluding tert-OH is 1. The van der Waals surface area contributed by atoms with Crippen LogP contribution in [0.2, 0.25) is 0 Å². The molecule has 2 unspecified atom stereocenters. The van der Waals surface area contributed by atoms with E-state index >= 15 is 0 Å². The second kappa shape index (κ2) is 9.22. The lowest BCUT2D eigenvalue weighted by Crippen LogP contribution is -2.54. The van der Waals surface area contributed by atoms with E-state index in [2.05, 4.69) is 16.0 Å². The Morgan fingerprint density at radius 2 is 2.00 bits per heavy atom. The van der Waals surface area contributed by atoms with E-state index in [0.717, 1.165) is 13.0 Å². The Bertz CT molecular complexity index is 421. The van der Waals surface area contributed by atoms with E-state index in [-0.39, 0.29) is 17.9 Å². The fraction of sp³-hybridized carbons (Fsp3) is 0.882. The average Bonchev–Trinajstić information content (AvgIpc) is 2.60. The first-order chi connectivity index (χ1) is 11.1. The van der Waals surface area contributed by atoms with Crippen LogP contribution >= 0.6 is 0 Å². The monoisotopic (exact) mass is 343 g/mol. The van der Waals surface area contributed by atoms with Crippen molar-refractivity contribution < 1.29 is 19.4 Å². The maximum absolute atomic E-state index is 12.6. The smallest absolute Gasteiger partial charge is 0.408 e. The fourth-order valence-electron chi connectivity index (χ4n) is 2.64. The number of amides is 2. The van der Waals surface area contributed by atoms with Gasteiger partial charge >= 0.3 is 6.09 Å². The second-order valence-corrected chi connectivity index (χ2v) is 7.86. The maximum Gasteiger partial charge on any atom is 0.408 e. The fourth-order valence-corrected chi connectivity index (χ4v) is 2.64. The van der Waals surface area contributed by atoms with Crippen LogP contribution in [0, 0.1) is 5.92 Å². The number of alkyl carbamates (subject to hydrolysis) is 1. The SMILES string of the molecule is CC(C)CC(NC(=O)OC(C)(C)C)C(=O)NC1CCCNC[C@@H]1O. The average molecular weight is 343 g/mol. The van der Waals surface area contributed by atoms with Gasteiger partial charge in [-0.05, 0) is 52.5 Å². The molecule has 1 heterocycles. The van der Waals surface area contributed by atoms with E-state index in [1.807, 2.05) is 13.8 Å². The van der Waals surface area contributed by atoms with Gasteiger partial charge in [0.1, 0.15) is 11.6 Å². The van der Waals surface area contributed by atoms with Gasteiger partial charge < -0.3 is 25.8 Å². The van der Waals surface area contributed by atoms with Gasteiger partial charge in [-0.25, -0.2) is 4.79 Å². The van der Waals surface area contributed by atoms with Crippen molar-refractivity contribution in [2.24, 2.45) is 5.92 Å². The van der Waals surface area contributed by atoms with E-state index in [1.54, 1.807) is 20.8 Å². The van der Waals surface area contributed by atoms with Crippen LogP contribution in [0.25, 0.3) is 0 Å². The molecular formula is C17H33N3O4. The molecule has 1 rings (SSSR count). The summed E-state index contributed by atoms with van der Waals surface area (Å²) in [7, 11) is 0. The quantitative estimate of drug-likeness (QED) is 0.600. The summed E-state index contributed by atoms with van der Waals surface area (Å²) >= 11 is 0. The molecule has 0 aromatic rings. The van der Waals surface area contributed by atoms with Gasteiger partial charge in [0, 0.05) is 6.54 Å². The number of nitrogens with one attached hydrogen (secondary N) is 3. The molecule has 1 saturated heterocycles. The molecule has 0 aliphatic carbocycles. The summed E-state index contributed by atoms with van der Waals surface area (Å²) < 4.78 is 5.24. The largest absolute Gasteiger partial charge is 0.444 e. The van der Waals surface area contributed by atoms with Crippen LogP contribution in [0.15, 0.2) is 0 Å². The highest BCUT2D eigenvalue weighted by molar-refractivity contribution is 5.85. The summed E-state index contributed by atoms with van der Waals surface area (Å²) in [5.41, 5.74) is -0.619. The van der Waals surface area contributed by atoms with Crippen molar-refractivity contribution in [2.75, 3.05) is 13.1 Å². The Balaban J connectivity index is 2.68. The zero-order chi connectivity index (χ0) is 18.3. The van der Waals surface area contributed by atoms with Crippen molar-refractivity contribution >= 4 is 12.0 Å². The van der Waals surface area contributed by atoms with Gasteiger partial charge in [-0.3, -0.25) is 4.79 Å². The molecule has 0 saturated carbocycles. The molecule has 1 aliphatic heterocycles. The highest BCUT2D eigenvalue weighted by Gasteiger charge is 2.29. The predicted molar refractivity (Wildman–Crippen MR) is 92.7 cm³/mol. The van der Waals surface area contributed by atoms with E-state index in [4.69, 9.17) is 4.74 Å². The van der Waals surface area contributed by atoms with Gasteiger partial charge in [-0.2, -0.15) is 0 Å². The predicted octanol–water partition coefficient (Wildman–Crippen LogP) is 1.15. The lowest BCUT2D eigenvalue weighted by molar-refractivity contribution is -0.125. The highest BCUT2D eigenvalue weighted by Crippen LogP contribution is 2.11. The summed E-state index contributed by atoms with van der Waals surface area (Å²) in [5.74, 6) is -0.0445. The number of ether oxygens (including phenoxy) is 1. The minimum Gasteiger partial charge on any atom is -0.444 e. The standard InChI is InChI=1S/C17H33N3O4/c1-11(2)9-13(20-16(23)24-17(3,4)5)15(22)19-12-7-6-8-18-10-14(12)21/h11-14,18,21H,6-10H2,1-5H3,(H,19,22)(H,20,23)/t12?,13?,14-/m0/s1. The Morgan fingerprint density at radius 3 is 2.58 bits per heavy atom. The van der Waals surface area contributed by atoms with E-state index in [1.165, 1.54) is 0 Å². The van der Waals surface area contributed by atoms with Crippen molar-refractivity contribution in [3.8, 4) is 0 Å². The maximum atomic E-state index is 12.6. The number of carbonyl (C=O) groups excluding carboxylic acids is 2. The minimum absolute atomic E-state index is 0.233. The molecule has 2 amide bonds. The lowest BCUT2D eigenvalue weighted by Gasteiger charge is -2.27. The lowest BCUT2D eigenvalue weighted by atomic mass is 10.0. The summed E-state index contributed by atoms with van der Waals surface area (Å²) in [6, 6.07) is -0.981. The van der Waals surface area contributed by atoms with E-state index in [0.29, 0.717) is 19.4 Å². The Morgan fingerprint density at radius 1 is 1.33 bits per heavy atom. The first-order valence-electron chi connectivity index (χ1n) is 8.77. The molecule has 4 N–H and O–H groups in total. The van der Waals surface area contributed by atoms with Crippen molar-refractivity contribution in [1.29, 1.82) is 0 Å². The molecule has 1 fully saturated rings. The topological polar surface area (TPSA) is 99.7 Å². The van der Waals surface area contributed by atoms with Gasteiger partial charge in [0.15, 0.2) is 0 Å². The van der Waals surface area contributed by atoms with Crippen LogP contribution in [-0.4, -0.2) is 54.0 Å². The van der Waals surface area contributed by atoms with Gasteiger partial charge in [-0.1, -0.05) is 13.8 Å². The van der Waals surface area contributed by atoms with Crippen molar-refractivity contribution in [3.63, 3.8) is 0 Å². The zero-order valence-electron chi connectivity index (χ0n) is 15.5. The molecule has 24 heavy (non-hydrogen) atoms. The van der Waals surface area contributed by atoms with E-state index in [9.17, 15) is 14.7 Å². The molecule has 7 nitrogen and oxygen atoms in total. The molecule has 0 aromatic carbocycles. The molecule has 3 atom stereocenters. The molecule has 0 aromatic heterocycles. The van der Waals surface area contributed by atoms with Crippen molar-refractivity contribution in [3.05, 3.63) is 0 Å². The normalized spacial score (nSPS) is 23.3. The summed E-state index contributed by atoms with van der Waals surface area (Å²) in [5, 5.41) is 18.8. The number of β-amino-alcohol motifs (C(OH)–C–C–N with tert-alkyl or cyclic N) is 1. The minimum atomic E-state index is -0.678. The van der Waals surface area contributed by atoms with Crippen LogP contribution in [0.3, 0.4) is 0 Å². The van der Waals surface area contributed by atoms with Gasteiger partial charge in [0.05, 0.1) is 12.1 Å². The first kappa shape index (κ1) is 20.7. The molecule has 1 aliphatic rings. The Labute approximate surface area is 144 Å². The molecule has 140 valence electrons. The van der Waals surface area contributed by atoms with Crippen molar-refractivity contribution in [2.45, 2.75) is 77.7 Å². The third kappa shape index (κ3) is 7.97. The summed E-state index contributed by atoms with van der Waals surface area (Å²) in [6.45, 7) is 10.6. The summed E-state index contributed by atoms with van der Waals surface area (Å²) in [6.07, 6.45) is 0.868. The summed E-state index contributed by atoms with van der Waals surface area (Å²) in [4.78, 5) is 24.6. The Hall–Kier alpha value is -1.34. The van der Waals surface area contributed by atoms with Crippen LogP contribution < -0.4 is 16.0 Å². The third-order valence-electron chi connectivity index (χ3n) is 3.73. The number of carbonyl (C=O) groups is 2. The second-order valence-electron chi connectivity index (χ2n) is 7.86. The van der Waals surface area contributed by atoms with Crippen LogP contribution in [0.4, 0.5) is 4.79 Å². The van der Waals surface area contributed by atoms with Crippen LogP contribution in [-0.2, 0) is 9.53 Å². The Kier molecular flexibility index (Phi) is 7.96. The number of rotatable bonds is 5. The van der Waals surface area contributed by atoms with Crippen LogP contribution in [0.5, 0.6) is 0 Å². The number of hydrogen-bond acceptors (Lipinski definition) is 5. The van der Waals surface area contributed by atoms with Crippen LogP contribution in [0.1, 0.15) is 53.9 Å². The highest BCUT2D eigenvalue weighted by atomic mass is 16.6. The number of hydrogen-bond donors (Lipinski definition) is 4.